The van der Waals surface area contributed by atoms with E-state index in [9.17, 15) is 23.5 Å². The molecule has 1 fully saturated rings. The van der Waals surface area contributed by atoms with Crippen molar-refractivity contribution < 1.29 is 33.0 Å². The fourth-order valence-electron chi connectivity index (χ4n) is 4.08. The summed E-state index contributed by atoms with van der Waals surface area (Å²) < 4.78 is 41.5. The molecular formula is C28H24F2N4O5. The zero-order valence-corrected chi connectivity index (χ0v) is 21.0. The van der Waals surface area contributed by atoms with Crippen molar-refractivity contribution in [3.8, 4) is 28.1 Å². The second-order valence-electron chi connectivity index (χ2n) is 9.24. The molecule has 1 saturated carbocycles. The monoisotopic (exact) mass is 534 g/mol. The van der Waals surface area contributed by atoms with Crippen LogP contribution in [0.4, 0.5) is 19.4 Å². The maximum absolute atomic E-state index is 14.7. The van der Waals surface area contributed by atoms with Gasteiger partial charge in [-0.3, -0.25) is 5.32 Å². The summed E-state index contributed by atoms with van der Waals surface area (Å²) in [5, 5.41) is 20.0. The van der Waals surface area contributed by atoms with Crippen molar-refractivity contribution in [2.24, 2.45) is 7.05 Å². The van der Waals surface area contributed by atoms with E-state index in [4.69, 9.17) is 9.47 Å². The van der Waals surface area contributed by atoms with Crippen molar-refractivity contribution in [2.45, 2.75) is 31.5 Å². The van der Waals surface area contributed by atoms with Gasteiger partial charge >= 0.3 is 12.1 Å². The highest BCUT2D eigenvalue weighted by molar-refractivity contribution is 5.89. The summed E-state index contributed by atoms with van der Waals surface area (Å²) in [4.78, 5) is 23.9. The van der Waals surface area contributed by atoms with E-state index in [1.807, 2.05) is 30.3 Å². The third-order valence-electron chi connectivity index (χ3n) is 6.48. The number of aliphatic carboxylic acids is 1. The number of nitrogens with one attached hydrogen (secondary N) is 1. The molecule has 9 nitrogen and oxygen atoms in total. The first kappa shape index (κ1) is 25.8. The van der Waals surface area contributed by atoms with E-state index in [0.717, 1.165) is 17.7 Å². The zero-order valence-electron chi connectivity index (χ0n) is 21.0. The quantitative estimate of drug-likeness (QED) is 0.296. The van der Waals surface area contributed by atoms with Gasteiger partial charge in [0.15, 0.2) is 23.2 Å². The zero-order chi connectivity index (χ0) is 27.7. The van der Waals surface area contributed by atoms with Crippen LogP contribution >= 0.6 is 0 Å². The van der Waals surface area contributed by atoms with Gasteiger partial charge in [0.25, 0.3) is 0 Å². The number of ether oxygens (including phenoxy) is 2. The highest BCUT2D eigenvalue weighted by Gasteiger charge is 2.54. The number of carboxylic acids is 1. The Morgan fingerprint density at radius 2 is 1.62 bits per heavy atom. The van der Waals surface area contributed by atoms with E-state index >= 15 is 0 Å². The number of amides is 1. The molecule has 4 aromatic rings. The molecular weight excluding hydrogens is 510 g/mol. The lowest BCUT2D eigenvalue weighted by Crippen LogP contribution is -2.29. The van der Waals surface area contributed by atoms with Gasteiger partial charge in [-0.15, -0.1) is 5.10 Å². The molecule has 0 saturated heterocycles. The molecule has 1 aliphatic carbocycles. The first-order valence-corrected chi connectivity index (χ1v) is 12.1. The van der Waals surface area contributed by atoms with Gasteiger partial charge in [-0.05, 0) is 35.7 Å². The van der Waals surface area contributed by atoms with Crippen molar-refractivity contribution in [1.29, 1.82) is 0 Å². The predicted molar refractivity (Wildman–Crippen MR) is 137 cm³/mol. The number of aromatic nitrogens is 3. The van der Waals surface area contributed by atoms with E-state index < -0.39 is 41.2 Å². The molecule has 0 bridgehead atoms. The van der Waals surface area contributed by atoms with E-state index in [1.165, 1.54) is 4.68 Å². The fraction of sp³-hybridized carbons (Fsp3) is 0.214. The largest absolute Gasteiger partial charge is 0.478 e. The molecule has 1 heterocycles. The molecule has 0 aliphatic heterocycles. The molecule has 1 atom stereocenters. The van der Waals surface area contributed by atoms with Crippen LogP contribution in [0.25, 0.3) is 22.4 Å². The van der Waals surface area contributed by atoms with Crippen LogP contribution in [-0.2, 0) is 16.6 Å². The Balaban J connectivity index is 1.32. The summed E-state index contributed by atoms with van der Waals surface area (Å²) in [5.74, 6) is -3.65. The topological polar surface area (TPSA) is 116 Å². The summed E-state index contributed by atoms with van der Waals surface area (Å²) in [6, 6.07) is 18.1. The Hall–Kier alpha value is -4.80. The lowest BCUT2D eigenvalue weighted by Gasteiger charge is -2.15. The van der Waals surface area contributed by atoms with Gasteiger partial charge in [0.1, 0.15) is 11.8 Å². The first-order valence-electron chi connectivity index (χ1n) is 12.1. The van der Waals surface area contributed by atoms with Crippen LogP contribution < -0.4 is 10.1 Å². The number of hydrogen-bond donors (Lipinski definition) is 2. The van der Waals surface area contributed by atoms with Crippen molar-refractivity contribution >= 4 is 17.9 Å². The van der Waals surface area contributed by atoms with Crippen LogP contribution in [0.15, 0.2) is 66.7 Å². The molecule has 39 heavy (non-hydrogen) atoms. The van der Waals surface area contributed by atoms with Crippen molar-refractivity contribution in [3.63, 3.8) is 0 Å². The van der Waals surface area contributed by atoms with E-state index in [1.54, 1.807) is 38.2 Å². The lowest BCUT2D eigenvalue weighted by molar-refractivity contribution is -0.147. The number of hydrogen-bond acceptors (Lipinski definition) is 6. The summed E-state index contributed by atoms with van der Waals surface area (Å²) >= 11 is 0. The third-order valence-corrected chi connectivity index (χ3v) is 6.48. The smallest absolute Gasteiger partial charge is 0.413 e. The maximum atomic E-state index is 14.7. The number of anilines is 1. The fourth-order valence-corrected chi connectivity index (χ4v) is 4.08. The van der Waals surface area contributed by atoms with Crippen LogP contribution in [0.2, 0.25) is 0 Å². The molecule has 200 valence electrons. The Morgan fingerprint density at radius 1 is 1.00 bits per heavy atom. The number of carboxylic acid groups (broad SMARTS) is 1. The minimum Gasteiger partial charge on any atom is -0.478 e. The van der Waals surface area contributed by atoms with Crippen molar-refractivity contribution in [1.82, 2.24) is 15.0 Å². The van der Waals surface area contributed by atoms with Gasteiger partial charge in [-0.2, -0.15) is 0 Å². The van der Waals surface area contributed by atoms with Crippen molar-refractivity contribution in [3.05, 3.63) is 83.9 Å². The summed E-state index contributed by atoms with van der Waals surface area (Å²) in [6.07, 6.45) is -0.786. The Labute approximate surface area is 222 Å². The van der Waals surface area contributed by atoms with Gasteiger partial charge in [0.2, 0.25) is 5.60 Å². The Bertz CT molecular complexity index is 1510. The molecule has 11 heteroatoms. The van der Waals surface area contributed by atoms with E-state index in [-0.39, 0.29) is 18.4 Å². The predicted octanol–water partition coefficient (Wildman–Crippen LogP) is 5.73. The van der Waals surface area contributed by atoms with Gasteiger partial charge < -0.3 is 14.6 Å². The maximum Gasteiger partial charge on any atom is 0.413 e. The number of carbonyl (C=O) groups excluding carboxylic acids is 1. The number of aryl methyl sites for hydroxylation is 1. The average Bonchev–Trinajstić information content (AvgIpc) is 3.64. The molecule has 1 unspecified atom stereocenters. The minimum atomic E-state index is -1.57. The SMILES string of the molecule is CC(OC(=O)Nc1c(-c2ccc(-c3cc(F)c(OC4(C(=O)O)CC4)c(F)c3)cc2)nnn1C)c1ccccc1. The lowest BCUT2D eigenvalue weighted by atomic mass is 10.0. The second-order valence-corrected chi connectivity index (χ2v) is 9.24. The molecule has 0 radical (unpaired) electrons. The molecule has 1 aliphatic rings. The highest BCUT2D eigenvalue weighted by atomic mass is 19.1. The number of carbonyl (C=O) groups is 2. The van der Waals surface area contributed by atoms with Crippen molar-refractivity contribution in [2.75, 3.05) is 5.32 Å². The molecule has 2 N–H and O–H groups in total. The van der Waals surface area contributed by atoms with E-state index in [0.29, 0.717) is 22.6 Å². The Morgan fingerprint density at radius 3 is 2.21 bits per heavy atom. The molecule has 1 amide bonds. The average molecular weight is 535 g/mol. The van der Waals surface area contributed by atoms with Crippen LogP contribution in [0.5, 0.6) is 5.75 Å². The molecule has 1 aromatic heterocycles. The molecule has 0 spiro atoms. The van der Waals surface area contributed by atoms with Crippen LogP contribution in [0.3, 0.4) is 0 Å². The van der Waals surface area contributed by atoms with Gasteiger partial charge in [-0.25, -0.2) is 23.1 Å². The highest BCUT2D eigenvalue weighted by Crippen LogP contribution is 2.42. The second kappa shape index (κ2) is 10.2. The summed E-state index contributed by atoms with van der Waals surface area (Å²) in [5.41, 5.74) is 0.971. The standard InChI is InChI=1S/C28H24F2N4O5/c1-16(17-6-4-3-5-7-17)38-27(37)31-25-23(32-33-34(25)2)19-10-8-18(9-11-19)20-14-21(29)24(22(30)15-20)39-28(12-13-28)26(35)36/h3-11,14-16H,12-13H2,1-2H3,(H,31,37)(H,35,36). The van der Waals surface area contributed by atoms with Crippen LogP contribution in [0, 0.1) is 11.6 Å². The first-order chi connectivity index (χ1) is 18.7. The summed E-state index contributed by atoms with van der Waals surface area (Å²) in [7, 11) is 1.62. The van der Waals surface area contributed by atoms with Gasteiger partial charge in [0, 0.05) is 25.5 Å². The molecule has 3 aromatic carbocycles. The third kappa shape index (κ3) is 5.28. The number of rotatable bonds is 8. The van der Waals surface area contributed by atoms with Gasteiger partial charge in [0.05, 0.1) is 0 Å². The Kier molecular flexibility index (Phi) is 6.73. The van der Waals surface area contributed by atoms with E-state index in [2.05, 4.69) is 15.6 Å². The number of halogens is 2. The number of benzene rings is 3. The van der Waals surface area contributed by atoms with Gasteiger partial charge in [-0.1, -0.05) is 59.8 Å². The number of nitrogens with zero attached hydrogens (tertiary/aromatic N) is 3. The van der Waals surface area contributed by atoms with Crippen LogP contribution in [0.1, 0.15) is 31.4 Å². The summed E-state index contributed by atoms with van der Waals surface area (Å²) in [6.45, 7) is 1.76. The minimum absolute atomic E-state index is 0.188. The normalized spacial score (nSPS) is 14.4. The van der Waals surface area contributed by atoms with Crippen LogP contribution in [-0.4, -0.2) is 37.8 Å². The molecule has 5 rings (SSSR count).